The van der Waals surface area contributed by atoms with Crippen LogP contribution in [0.5, 0.6) is 0 Å². The van der Waals surface area contributed by atoms with Gasteiger partial charge in [0.15, 0.2) is 0 Å². The molecule has 136 valence electrons. The molecule has 0 radical (unpaired) electrons. The Morgan fingerprint density at radius 1 is 1.23 bits per heavy atom. The molecule has 0 aliphatic carbocycles. The van der Waals surface area contributed by atoms with Crippen molar-refractivity contribution in [2.45, 2.75) is 19.6 Å². The Morgan fingerprint density at radius 2 is 2.04 bits per heavy atom. The van der Waals surface area contributed by atoms with Crippen molar-refractivity contribution >= 4 is 22.8 Å². The summed E-state index contributed by atoms with van der Waals surface area (Å²) in [5, 5.41) is 8.31. The number of urea groups is 1. The van der Waals surface area contributed by atoms with E-state index in [1.54, 1.807) is 28.5 Å². The number of anilines is 1. The molecular formula is C16H15F3N6O. The van der Waals surface area contributed by atoms with E-state index in [1.807, 2.05) is 13.1 Å². The number of pyridine rings is 2. The molecule has 10 heteroatoms. The topological polar surface area (TPSA) is 84.7 Å². The van der Waals surface area contributed by atoms with Crippen molar-refractivity contribution in [3.05, 3.63) is 36.9 Å². The van der Waals surface area contributed by atoms with Gasteiger partial charge in [-0.2, -0.15) is 18.3 Å². The first kappa shape index (κ1) is 17.6. The predicted molar refractivity (Wildman–Crippen MR) is 89.5 cm³/mol. The standard InChI is InChI=1S/C16H15F3N6O/c1-2-25-8-11(7-23-25)10-5-13-14(21-6-10)12(3-4-20-13)24-15(26)22-9-16(17,18)19/h3-8H,2,9H2,1H3,(H2,20,22,24,26). The summed E-state index contributed by atoms with van der Waals surface area (Å²) in [5.41, 5.74) is 2.81. The summed E-state index contributed by atoms with van der Waals surface area (Å²) in [6.07, 6.45) is 2.14. The Balaban J connectivity index is 1.83. The van der Waals surface area contributed by atoms with Crippen molar-refractivity contribution < 1.29 is 18.0 Å². The summed E-state index contributed by atoms with van der Waals surface area (Å²) in [6.45, 7) is 1.29. The molecule has 0 bridgehead atoms. The van der Waals surface area contributed by atoms with Crippen molar-refractivity contribution in [2.75, 3.05) is 11.9 Å². The third-order valence-electron chi connectivity index (χ3n) is 3.57. The highest BCUT2D eigenvalue weighted by Crippen LogP contribution is 2.25. The van der Waals surface area contributed by atoms with Gasteiger partial charge in [0.25, 0.3) is 0 Å². The lowest BCUT2D eigenvalue weighted by Gasteiger charge is -2.11. The third-order valence-corrected chi connectivity index (χ3v) is 3.57. The fourth-order valence-electron chi connectivity index (χ4n) is 2.32. The van der Waals surface area contributed by atoms with Gasteiger partial charge in [-0.05, 0) is 19.1 Å². The van der Waals surface area contributed by atoms with Crippen molar-refractivity contribution in [3.63, 3.8) is 0 Å². The maximum Gasteiger partial charge on any atom is 0.405 e. The second kappa shape index (κ2) is 6.98. The van der Waals surface area contributed by atoms with E-state index in [-0.39, 0.29) is 5.69 Å². The quantitative estimate of drug-likeness (QED) is 0.745. The molecule has 0 spiro atoms. The molecule has 0 saturated heterocycles. The summed E-state index contributed by atoms with van der Waals surface area (Å²) in [7, 11) is 0. The van der Waals surface area contributed by atoms with Crippen molar-refractivity contribution in [2.24, 2.45) is 0 Å². The highest BCUT2D eigenvalue weighted by atomic mass is 19.4. The number of halogens is 3. The predicted octanol–water partition coefficient (Wildman–Crippen LogP) is 3.20. The Labute approximate surface area is 146 Å². The summed E-state index contributed by atoms with van der Waals surface area (Å²) < 4.78 is 38.3. The van der Waals surface area contributed by atoms with Gasteiger partial charge in [-0.3, -0.25) is 14.6 Å². The van der Waals surface area contributed by atoms with Crippen LogP contribution in [0.4, 0.5) is 23.7 Å². The first-order valence-corrected chi connectivity index (χ1v) is 7.75. The zero-order valence-electron chi connectivity index (χ0n) is 13.7. The number of aromatic nitrogens is 4. The number of carbonyl (C=O) groups excluding carboxylic acids is 1. The van der Waals surface area contributed by atoms with Gasteiger partial charge in [0.2, 0.25) is 0 Å². The molecule has 0 aliphatic heterocycles. The van der Waals surface area contributed by atoms with Gasteiger partial charge in [-0.1, -0.05) is 0 Å². The molecular weight excluding hydrogens is 349 g/mol. The first-order valence-electron chi connectivity index (χ1n) is 7.75. The summed E-state index contributed by atoms with van der Waals surface area (Å²) >= 11 is 0. The fourth-order valence-corrected chi connectivity index (χ4v) is 2.32. The van der Waals surface area contributed by atoms with E-state index in [4.69, 9.17) is 0 Å². The minimum atomic E-state index is -4.48. The molecule has 7 nitrogen and oxygen atoms in total. The van der Waals surface area contributed by atoms with Crippen LogP contribution in [0.25, 0.3) is 22.2 Å². The lowest BCUT2D eigenvalue weighted by Crippen LogP contribution is -2.36. The van der Waals surface area contributed by atoms with Crippen LogP contribution in [0, 0.1) is 0 Å². The smallest absolute Gasteiger partial charge is 0.329 e. The number of nitrogens with zero attached hydrogens (tertiary/aromatic N) is 4. The second-order valence-electron chi connectivity index (χ2n) is 5.46. The summed E-state index contributed by atoms with van der Waals surface area (Å²) in [4.78, 5) is 20.1. The molecule has 0 aromatic carbocycles. The van der Waals surface area contributed by atoms with Crippen LogP contribution >= 0.6 is 0 Å². The largest absolute Gasteiger partial charge is 0.405 e. The minimum Gasteiger partial charge on any atom is -0.329 e. The SMILES string of the molecule is CCn1cc(-c2cnc3c(NC(=O)NCC(F)(F)F)ccnc3c2)cn1. The van der Waals surface area contributed by atoms with Crippen LogP contribution in [0.15, 0.2) is 36.9 Å². The number of aryl methyl sites for hydroxylation is 1. The normalized spacial score (nSPS) is 11.5. The van der Waals surface area contributed by atoms with Crippen molar-refractivity contribution in [1.82, 2.24) is 25.1 Å². The van der Waals surface area contributed by atoms with E-state index >= 15 is 0 Å². The van der Waals surface area contributed by atoms with E-state index in [1.165, 1.54) is 12.3 Å². The van der Waals surface area contributed by atoms with E-state index in [0.29, 0.717) is 11.0 Å². The third kappa shape index (κ3) is 4.08. The number of alkyl halides is 3. The minimum absolute atomic E-state index is 0.269. The number of hydrogen-bond acceptors (Lipinski definition) is 4. The summed E-state index contributed by atoms with van der Waals surface area (Å²) in [6, 6.07) is 2.28. The van der Waals surface area contributed by atoms with E-state index in [0.717, 1.165) is 17.7 Å². The number of hydrogen-bond donors (Lipinski definition) is 2. The number of rotatable bonds is 4. The first-order chi connectivity index (χ1) is 12.4. The lowest BCUT2D eigenvalue weighted by molar-refractivity contribution is -0.122. The van der Waals surface area contributed by atoms with Gasteiger partial charge in [-0.15, -0.1) is 0 Å². The second-order valence-corrected chi connectivity index (χ2v) is 5.46. The number of carbonyl (C=O) groups is 1. The van der Waals surface area contributed by atoms with Gasteiger partial charge < -0.3 is 10.6 Å². The van der Waals surface area contributed by atoms with Gasteiger partial charge >= 0.3 is 12.2 Å². The van der Waals surface area contributed by atoms with Crippen molar-refractivity contribution in [3.8, 4) is 11.1 Å². The Bertz CT molecular complexity index is 937. The van der Waals surface area contributed by atoms with Gasteiger partial charge in [0.05, 0.1) is 17.4 Å². The Morgan fingerprint density at radius 3 is 2.73 bits per heavy atom. The van der Waals surface area contributed by atoms with E-state index < -0.39 is 18.8 Å². The van der Waals surface area contributed by atoms with Crippen LogP contribution in [0.2, 0.25) is 0 Å². The molecule has 3 heterocycles. The van der Waals surface area contributed by atoms with Gasteiger partial charge in [0.1, 0.15) is 12.1 Å². The maximum absolute atomic E-state index is 12.2. The molecule has 26 heavy (non-hydrogen) atoms. The monoisotopic (exact) mass is 364 g/mol. The van der Waals surface area contributed by atoms with Gasteiger partial charge in [-0.25, -0.2) is 4.79 Å². The molecule has 0 saturated carbocycles. The van der Waals surface area contributed by atoms with Gasteiger partial charge in [0, 0.05) is 36.3 Å². The fraction of sp³-hybridized carbons (Fsp3) is 0.250. The van der Waals surface area contributed by atoms with Crippen molar-refractivity contribution in [1.29, 1.82) is 0 Å². The molecule has 3 aromatic rings. The molecule has 0 unspecified atom stereocenters. The van der Waals surface area contributed by atoms with Crippen LogP contribution in [0.3, 0.4) is 0 Å². The Hall–Kier alpha value is -3.17. The molecule has 3 rings (SSSR count). The number of nitrogens with one attached hydrogen (secondary N) is 2. The molecule has 2 N–H and O–H groups in total. The zero-order valence-corrected chi connectivity index (χ0v) is 13.7. The highest BCUT2D eigenvalue weighted by molar-refractivity contribution is 5.99. The lowest BCUT2D eigenvalue weighted by atomic mass is 10.1. The highest BCUT2D eigenvalue weighted by Gasteiger charge is 2.27. The van der Waals surface area contributed by atoms with E-state index in [9.17, 15) is 18.0 Å². The number of amides is 2. The maximum atomic E-state index is 12.2. The van der Waals surface area contributed by atoms with Crippen LogP contribution in [0.1, 0.15) is 6.92 Å². The molecule has 0 aliphatic rings. The zero-order chi connectivity index (χ0) is 18.7. The molecule has 2 amide bonds. The van der Waals surface area contributed by atoms with Crippen LogP contribution in [-0.2, 0) is 6.54 Å². The molecule has 3 aromatic heterocycles. The average Bonchev–Trinajstić information content (AvgIpc) is 3.08. The van der Waals surface area contributed by atoms with E-state index in [2.05, 4.69) is 20.4 Å². The average molecular weight is 364 g/mol. The Kier molecular flexibility index (Phi) is 4.74. The molecule has 0 atom stereocenters. The van der Waals surface area contributed by atoms with Crippen LogP contribution < -0.4 is 10.6 Å². The number of fused-ring (bicyclic) bond motifs is 1. The summed E-state index contributed by atoms with van der Waals surface area (Å²) in [5.74, 6) is 0. The van der Waals surface area contributed by atoms with Crippen LogP contribution in [-0.4, -0.2) is 38.5 Å². The molecule has 0 fully saturated rings.